The molecule has 3 aromatic rings. The molecule has 3 atom stereocenters. The molecule has 3 heterocycles. The Morgan fingerprint density at radius 3 is 2.52 bits per heavy atom. The Hall–Kier alpha value is -1.73. The fourth-order valence-corrected chi connectivity index (χ4v) is 6.60. The maximum absolute atomic E-state index is 13.0. The third-order valence-electron chi connectivity index (χ3n) is 4.84. The van der Waals surface area contributed by atoms with Crippen molar-refractivity contribution in [1.29, 1.82) is 0 Å². The maximum atomic E-state index is 13.0. The Bertz CT molecular complexity index is 1120. The number of thiazole rings is 1. The fourth-order valence-electron chi connectivity index (χ4n) is 3.71. The number of carbonyl (C=O) groups is 1. The Morgan fingerprint density at radius 2 is 1.74 bits per heavy atom. The Kier molecular flexibility index (Phi) is 4.13. The number of hydrogen-bond donors (Lipinski definition) is 1. The normalized spacial score (nSPS) is 23.2. The number of esters is 1. The molecule has 2 aliphatic rings. The third-order valence-corrected chi connectivity index (χ3v) is 7.80. The second-order valence-electron chi connectivity index (χ2n) is 6.40. The van der Waals surface area contributed by atoms with Crippen LogP contribution >= 0.6 is 46.3 Å². The van der Waals surface area contributed by atoms with Crippen molar-refractivity contribution in [3.63, 3.8) is 0 Å². The Balaban J connectivity index is 1.74. The lowest BCUT2D eigenvalue weighted by molar-refractivity contribution is -0.140. The summed E-state index contributed by atoms with van der Waals surface area (Å²) in [4.78, 5) is 28.7. The Labute approximate surface area is 172 Å². The van der Waals surface area contributed by atoms with E-state index < -0.39 is 5.92 Å². The van der Waals surface area contributed by atoms with Gasteiger partial charge in [0.2, 0.25) is 0 Å². The molecule has 2 aliphatic heterocycles. The molecule has 0 bridgehead atoms. The van der Waals surface area contributed by atoms with Gasteiger partial charge in [0.05, 0.1) is 16.2 Å². The highest BCUT2D eigenvalue weighted by atomic mass is 35.5. The van der Waals surface area contributed by atoms with Gasteiger partial charge in [-0.05, 0) is 35.9 Å². The summed E-state index contributed by atoms with van der Waals surface area (Å²) >= 11 is 14.9. The first-order valence-electron chi connectivity index (χ1n) is 8.17. The van der Waals surface area contributed by atoms with Gasteiger partial charge in [0.25, 0.3) is 0 Å². The number of hydrogen-bond acceptors (Lipinski definition) is 5. The quantitative estimate of drug-likeness (QED) is 0.418. The smallest absolute Gasteiger partial charge is 0.316 e. The first kappa shape index (κ1) is 17.4. The van der Waals surface area contributed by atoms with E-state index in [1.807, 2.05) is 18.2 Å². The maximum Gasteiger partial charge on any atom is 0.316 e. The number of rotatable bonds is 1. The predicted octanol–water partition coefficient (Wildman–Crippen LogP) is 5.26. The minimum absolute atomic E-state index is 0.134. The van der Waals surface area contributed by atoms with Gasteiger partial charge in [-0.3, -0.25) is 9.59 Å². The molecule has 4 nitrogen and oxygen atoms in total. The predicted molar refractivity (Wildman–Crippen MR) is 107 cm³/mol. The highest BCUT2D eigenvalue weighted by Crippen LogP contribution is 2.58. The molecule has 0 saturated heterocycles. The molecule has 1 N–H and O–H groups in total. The molecule has 0 saturated carbocycles. The van der Waals surface area contributed by atoms with E-state index in [4.69, 9.17) is 27.9 Å². The molecular weight excluding hydrogens is 425 g/mol. The van der Waals surface area contributed by atoms with Crippen molar-refractivity contribution < 1.29 is 9.53 Å². The summed E-state index contributed by atoms with van der Waals surface area (Å²) in [5.41, 5.74) is 1.79. The first-order valence-corrected chi connectivity index (χ1v) is 10.6. The molecule has 1 aromatic heterocycles. The number of thioether (sulfide) groups is 1. The van der Waals surface area contributed by atoms with E-state index in [2.05, 4.69) is 4.98 Å². The van der Waals surface area contributed by atoms with Crippen molar-refractivity contribution in [3.8, 4) is 5.75 Å². The van der Waals surface area contributed by atoms with E-state index in [0.29, 0.717) is 15.8 Å². The van der Waals surface area contributed by atoms with Gasteiger partial charge < -0.3 is 9.72 Å². The molecule has 0 spiro atoms. The average Bonchev–Trinajstić information content (AvgIpc) is 3.02. The van der Waals surface area contributed by atoms with Crippen LogP contribution in [0.3, 0.4) is 0 Å². The number of aromatic amines is 1. The summed E-state index contributed by atoms with van der Waals surface area (Å²) in [6, 6.07) is 12.7. The largest absolute Gasteiger partial charge is 0.426 e. The minimum atomic E-state index is -0.457. The van der Waals surface area contributed by atoms with Gasteiger partial charge in [0.15, 0.2) is 0 Å². The number of aromatic nitrogens is 1. The van der Waals surface area contributed by atoms with Gasteiger partial charge in [-0.1, -0.05) is 58.4 Å². The van der Waals surface area contributed by atoms with E-state index in [-0.39, 0.29) is 22.0 Å². The molecule has 8 heteroatoms. The van der Waals surface area contributed by atoms with Gasteiger partial charge >= 0.3 is 10.8 Å². The van der Waals surface area contributed by atoms with E-state index in [1.165, 1.54) is 11.8 Å². The SMILES string of the molecule is O=C1Oc2ccc(Cl)cc2[C@H]2c3sc(=O)[nH]c3SC(c3ccc(Cl)cc3)[C@@H]12. The van der Waals surface area contributed by atoms with Crippen LogP contribution in [-0.4, -0.2) is 11.0 Å². The molecule has 0 amide bonds. The van der Waals surface area contributed by atoms with E-state index in [1.54, 1.807) is 24.3 Å². The standard InChI is InChI=1S/C19H11Cl2NO3S2/c20-9-3-1-8(2-4-9)15-14-13(16-17(26-15)22-19(24)27-16)11-7-10(21)5-6-12(11)25-18(14)23/h1-7,13-15H,(H,22,24)/t13-,14+,15?/m1/s1. The third kappa shape index (κ3) is 2.83. The van der Waals surface area contributed by atoms with Gasteiger partial charge in [0, 0.05) is 26.4 Å². The molecule has 5 rings (SSSR count). The molecule has 2 aromatic carbocycles. The van der Waals surface area contributed by atoms with Crippen LogP contribution in [0, 0.1) is 5.92 Å². The molecule has 27 heavy (non-hydrogen) atoms. The fraction of sp³-hybridized carbons (Fsp3) is 0.158. The summed E-state index contributed by atoms with van der Waals surface area (Å²) in [5, 5.41) is 1.79. The van der Waals surface area contributed by atoms with Crippen LogP contribution in [0.15, 0.2) is 52.3 Å². The average molecular weight is 436 g/mol. The molecule has 136 valence electrons. The molecule has 0 radical (unpaired) electrons. The van der Waals surface area contributed by atoms with Crippen LogP contribution in [0.5, 0.6) is 5.75 Å². The number of benzene rings is 2. The topological polar surface area (TPSA) is 59.2 Å². The monoisotopic (exact) mass is 435 g/mol. The number of fused-ring (bicyclic) bond motifs is 5. The summed E-state index contributed by atoms with van der Waals surface area (Å²) in [7, 11) is 0. The zero-order valence-corrected chi connectivity index (χ0v) is 16.7. The number of nitrogens with one attached hydrogen (secondary N) is 1. The van der Waals surface area contributed by atoms with Crippen molar-refractivity contribution in [2.24, 2.45) is 5.92 Å². The second kappa shape index (κ2) is 6.41. The van der Waals surface area contributed by atoms with E-state index in [9.17, 15) is 9.59 Å². The lowest BCUT2D eigenvalue weighted by atomic mass is 9.78. The van der Waals surface area contributed by atoms with Crippen molar-refractivity contribution in [1.82, 2.24) is 4.98 Å². The van der Waals surface area contributed by atoms with Crippen LogP contribution in [0.4, 0.5) is 0 Å². The van der Waals surface area contributed by atoms with Crippen LogP contribution in [-0.2, 0) is 4.79 Å². The molecular formula is C19H11Cl2NO3S2. The van der Waals surface area contributed by atoms with Crippen LogP contribution in [0.25, 0.3) is 0 Å². The summed E-state index contributed by atoms with van der Waals surface area (Å²) in [6.45, 7) is 0. The summed E-state index contributed by atoms with van der Waals surface area (Å²) in [5.74, 6) is -0.533. The lowest BCUT2D eigenvalue weighted by Crippen LogP contribution is -2.37. The highest BCUT2D eigenvalue weighted by molar-refractivity contribution is 7.99. The Morgan fingerprint density at radius 1 is 1.00 bits per heavy atom. The van der Waals surface area contributed by atoms with E-state index >= 15 is 0 Å². The van der Waals surface area contributed by atoms with Crippen molar-refractivity contribution in [2.45, 2.75) is 16.2 Å². The molecule has 1 unspecified atom stereocenters. The number of halogens is 2. The van der Waals surface area contributed by atoms with Gasteiger partial charge in [-0.25, -0.2) is 0 Å². The number of H-pyrrole nitrogens is 1. The minimum Gasteiger partial charge on any atom is -0.426 e. The molecule has 0 aliphatic carbocycles. The zero-order valence-electron chi connectivity index (χ0n) is 13.6. The van der Waals surface area contributed by atoms with E-state index in [0.717, 1.165) is 32.4 Å². The number of carbonyl (C=O) groups excluding carboxylic acids is 1. The zero-order chi connectivity index (χ0) is 18.7. The molecule has 0 fully saturated rings. The summed E-state index contributed by atoms with van der Waals surface area (Å²) in [6.07, 6.45) is 0. The summed E-state index contributed by atoms with van der Waals surface area (Å²) < 4.78 is 5.63. The van der Waals surface area contributed by atoms with Gasteiger partial charge in [-0.15, -0.1) is 0 Å². The van der Waals surface area contributed by atoms with Crippen molar-refractivity contribution >= 4 is 52.3 Å². The van der Waals surface area contributed by atoms with Crippen molar-refractivity contribution in [3.05, 3.63) is 78.2 Å². The van der Waals surface area contributed by atoms with Crippen molar-refractivity contribution in [2.75, 3.05) is 0 Å². The van der Waals surface area contributed by atoms with Crippen LogP contribution in [0.2, 0.25) is 10.0 Å². The van der Waals surface area contributed by atoms with Gasteiger partial charge in [0.1, 0.15) is 5.75 Å². The lowest BCUT2D eigenvalue weighted by Gasteiger charge is -2.39. The highest BCUT2D eigenvalue weighted by Gasteiger charge is 2.49. The first-order chi connectivity index (χ1) is 13.0. The van der Waals surface area contributed by atoms with Crippen LogP contribution < -0.4 is 9.61 Å². The second-order valence-corrected chi connectivity index (χ2v) is 9.44. The van der Waals surface area contributed by atoms with Crippen LogP contribution in [0.1, 0.15) is 27.2 Å². The number of ether oxygens (including phenoxy) is 1. The van der Waals surface area contributed by atoms with Gasteiger partial charge in [-0.2, -0.15) is 0 Å².